The third-order valence-corrected chi connectivity index (χ3v) is 5.85. The summed E-state index contributed by atoms with van der Waals surface area (Å²) in [4.78, 5) is 4.37. The fourth-order valence-corrected chi connectivity index (χ4v) is 4.09. The summed E-state index contributed by atoms with van der Waals surface area (Å²) >= 11 is 6.11. The molecule has 9 heteroatoms. The SMILES string of the molecule is COc1cc(C)c(S(=O)(=O)NCc2nc(-c3ccccc3Cl)no2)cc1C. The van der Waals surface area contributed by atoms with Crippen molar-refractivity contribution in [2.24, 2.45) is 0 Å². The third kappa shape index (κ3) is 4.13. The first-order valence-corrected chi connectivity index (χ1v) is 9.90. The van der Waals surface area contributed by atoms with Crippen molar-refractivity contribution < 1.29 is 17.7 Å². The predicted octanol–water partition coefficient (Wildman–Crippen LogP) is 3.49. The largest absolute Gasteiger partial charge is 0.496 e. The first kappa shape index (κ1) is 19.3. The van der Waals surface area contributed by atoms with Gasteiger partial charge in [0.1, 0.15) is 5.75 Å². The smallest absolute Gasteiger partial charge is 0.242 e. The van der Waals surface area contributed by atoms with E-state index in [1.54, 1.807) is 57.4 Å². The minimum absolute atomic E-state index is 0.135. The van der Waals surface area contributed by atoms with E-state index in [1.807, 2.05) is 0 Å². The summed E-state index contributed by atoms with van der Waals surface area (Å²) in [6.07, 6.45) is 0. The first-order valence-electron chi connectivity index (χ1n) is 8.04. The molecule has 0 aliphatic heterocycles. The highest BCUT2D eigenvalue weighted by molar-refractivity contribution is 7.89. The first-order chi connectivity index (χ1) is 12.8. The molecule has 1 aromatic heterocycles. The summed E-state index contributed by atoms with van der Waals surface area (Å²) in [5, 5.41) is 4.33. The fourth-order valence-electron chi connectivity index (χ4n) is 2.59. The van der Waals surface area contributed by atoms with Crippen LogP contribution in [0.2, 0.25) is 5.02 Å². The number of aromatic nitrogens is 2. The number of sulfonamides is 1. The van der Waals surface area contributed by atoms with Gasteiger partial charge < -0.3 is 9.26 Å². The van der Waals surface area contributed by atoms with Crippen molar-refractivity contribution >= 4 is 21.6 Å². The summed E-state index contributed by atoms with van der Waals surface area (Å²) in [7, 11) is -2.22. The van der Waals surface area contributed by atoms with Gasteiger partial charge in [-0.1, -0.05) is 28.9 Å². The van der Waals surface area contributed by atoms with Crippen LogP contribution in [0, 0.1) is 13.8 Å². The minimum atomic E-state index is -3.76. The molecule has 0 saturated carbocycles. The predicted molar refractivity (Wildman–Crippen MR) is 101 cm³/mol. The van der Waals surface area contributed by atoms with E-state index in [0.29, 0.717) is 27.7 Å². The molecule has 1 heterocycles. The van der Waals surface area contributed by atoms with Gasteiger partial charge in [-0.2, -0.15) is 4.98 Å². The molecular weight excluding hydrogens is 390 g/mol. The Kier molecular flexibility index (Phi) is 5.50. The van der Waals surface area contributed by atoms with Gasteiger partial charge >= 0.3 is 0 Å². The zero-order valence-electron chi connectivity index (χ0n) is 15.0. The van der Waals surface area contributed by atoms with Crippen molar-refractivity contribution in [1.82, 2.24) is 14.9 Å². The van der Waals surface area contributed by atoms with E-state index in [1.165, 1.54) is 0 Å². The molecule has 1 N–H and O–H groups in total. The molecule has 0 aliphatic rings. The maximum Gasteiger partial charge on any atom is 0.242 e. The molecule has 0 unspecified atom stereocenters. The molecule has 2 aromatic carbocycles. The zero-order chi connectivity index (χ0) is 19.6. The van der Waals surface area contributed by atoms with E-state index in [-0.39, 0.29) is 17.3 Å². The molecule has 3 rings (SSSR count). The van der Waals surface area contributed by atoms with Gasteiger partial charge in [0.05, 0.1) is 23.6 Å². The number of hydrogen-bond acceptors (Lipinski definition) is 6. The topological polar surface area (TPSA) is 94.3 Å². The highest BCUT2D eigenvalue weighted by Gasteiger charge is 2.20. The molecule has 0 atom stereocenters. The van der Waals surface area contributed by atoms with Crippen LogP contribution >= 0.6 is 11.6 Å². The lowest BCUT2D eigenvalue weighted by atomic mass is 10.1. The molecule has 0 radical (unpaired) electrons. The van der Waals surface area contributed by atoms with Gasteiger partial charge in [-0.3, -0.25) is 0 Å². The van der Waals surface area contributed by atoms with Crippen LogP contribution in [0.3, 0.4) is 0 Å². The van der Waals surface area contributed by atoms with Gasteiger partial charge in [-0.25, -0.2) is 13.1 Å². The van der Waals surface area contributed by atoms with Crippen LogP contribution in [-0.2, 0) is 16.6 Å². The number of hydrogen-bond donors (Lipinski definition) is 1. The normalized spacial score (nSPS) is 11.6. The zero-order valence-corrected chi connectivity index (χ0v) is 16.6. The third-order valence-electron chi connectivity index (χ3n) is 3.98. The standard InChI is InChI=1S/C18H18ClN3O4S/c1-11-9-16(12(2)8-15(11)25-3)27(23,24)20-10-17-21-18(22-26-17)13-6-4-5-7-14(13)19/h4-9,20H,10H2,1-3H3. The summed E-state index contributed by atoms with van der Waals surface area (Å²) in [6, 6.07) is 10.3. The van der Waals surface area contributed by atoms with Crippen molar-refractivity contribution in [3.05, 3.63) is 58.4 Å². The Labute approximate surface area is 162 Å². The number of halogens is 1. The number of nitrogens with one attached hydrogen (secondary N) is 1. The number of nitrogens with zero attached hydrogens (tertiary/aromatic N) is 2. The van der Waals surface area contributed by atoms with Gasteiger partial charge in [-0.15, -0.1) is 0 Å². The molecule has 0 saturated heterocycles. The lowest BCUT2D eigenvalue weighted by molar-refractivity contribution is 0.376. The van der Waals surface area contributed by atoms with Crippen LogP contribution in [-0.4, -0.2) is 25.7 Å². The number of aryl methyl sites for hydroxylation is 2. The van der Waals surface area contributed by atoms with Gasteiger partial charge in [0.15, 0.2) is 0 Å². The van der Waals surface area contributed by atoms with Crippen molar-refractivity contribution in [1.29, 1.82) is 0 Å². The Morgan fingerprint density at radius 2 is 1.93 bits per heavy atom. The Balaban J connectivity index is 1.79. The lowest BCUT2D eigenvalue weighted by Gasteiger charge is -2.12. The molecule has 27 heavy (non-hydrogen) atoms. The molecule has 7 nitrogen and oxygen atoms in total. The molecule has 0 spiro atoms. The van der Waals surface area contributed by atoms with Gasteiger partial charge in [0, 0.05) is 5.56 Å². The maximum atomic E-state index is 12.6. The number of benzene rings is 2. The quantitative estimate of drug-likeness (QED) is 0.672. The average Bonchev–Trinajstić information content (AvgIpc) is 3.11. The average molecular weight is 408 g/mol. The number of rotatable bonds is 6. The van der Waals surface area contributed by atoms with Crippen LogP contribution in [0.1, 0.15) is 17.0 Å². The summed E-state index contributed by atoms with van der Waals surface area (Å²) in [5.41, 5.74) is 1.91. The highest BCUT2D eigenvalue weighted by Crippen LogP contribution is 2.26. The molecule has 142 valence electrons. The minimum Gasteiger partial charge on any atom is -0.496 e. The molecule has 0 bridgehead atoms. The number of methoxy groups -OCH3 is 1. The Hall–Kier alpha value is -2.42. The molecule has 0 amide bonds. The maximum absolute atomic E-state index is 12.6. The van der Waals surface area contributed by atoms with Crippen molar-refractivity contribution in [2.75, 3.05) is 7.11 Å². The van der Waals surface area contributed by atoms with E-state index < -0.39 is 10.0 Å². The monoisotopic (exact) mass is 407 g/mol. The van der Waals surface area contributed by atoms with Crippen molar-refractivity contribution in [2.45, 2.75) is 25.3 Å². The van der Waals surface area contributed by atoms with Crippen molar-refractivity contribution in [3.8, 4) is 17.1 Å². The summed E-state index contributed by atoms with van der Waals surface area (Å²) in [6.45, 7) is 3.36. The molecular formula is C18H18ClN3O4S. The Morgan fingerprint density at radius 1 is 1.19 bits per heavy atom. The Bertz CT molecular complexity index is 1080. The fraction of sp³-hybridized carbons (Fsp3) is 0.222. The highest BCUT2D eigenvalue weighted by atomic mass is 35.5. The van der Waals surface area contributed by atoms with Gasteiger partial charge in [0.25, 0.3) is 0 Å². The van der Waals surface area contributed by atoms with E-state index in [0.717, 1.165) is 5.56 Å². The van der Waals surface area contributed by atoms with Crippen LogP contribution < -0.4 is 9.46 Å². The molecule has 0 fully saturated rings. The summed E-state index contributed by atoms with van der Waals surface area (Å²) in [5.74, 6) is 1.07. The Morgan fingerprint density at radius 3 is 2.63 bits per heavy atom. The van der Waals surface area contributed by atoms with Gasteiger partial charge in [-0.05, 0) is 49.2 Å². The number of ether oxygens (including phenoxy) is 1. The van der Waals surface area contributed by atoms with E-state index in [4.69, 9.17) is 20.9 Å². The van der Waals surface area contributed by atoms with Crippen LogP contribution in [0.5, 0.6) is 5.75 Å². The van der Waals surface area contributed by atoms with Crippen molar-refractivity contribution in [3.63, 3.8) is 0 Å². The van der Waals surface area contributed by atoms with Gasteiger partial charge in [0.2, 0.25) is 21.7 Å². The van der Waals surface area contributed by atoms with Crippen LogP contribution in [0.25, 0.3) is 11.4 Å². The lowest BCUT2D eigenvalue weighted by Crippen LogP contribution is -2.24. The summed E-state index contributed by atoms with van der Waals surface area (Å²) < 4.78 is 38.1. The molecule has 3 aromatic rings. The van der Waals surface area contributed by atoms with E-state index >= 15 is 0 Å². The van der Waals surface area contributed by atoms with Crippen LogP contribution in [0.15, 0.2) is 45.8 Å². The van der Waals surface area contributed by atoms with E-state index in [2.05, 4.69) is 14.9 Å². The second-order valence-corrected chi connectivity index (χ2v) is 8.05. The van der Waals surface area contributed by atoms with E-state index in [9.17, 15) is 8.42 Å². The van der Waals surface area contributed by atoms with Crippen LogP contribution in [0.4, 0.5) is 0 Å². The second kappa shape index (κ2) is 7.67. The molecule has 0 aliphatic carbocycles. The second-order valence-electron chi connectivity index (χ2n) is 5.90.